The number of carbonyl (C=O) groups is 1. The highest BCUT2D eigenvalue weighted by Crippen LogP contribution is 2.17. The Morgan fingerprint density at radius 2 is 2.04 bits per heavy atom. The van der Waals surface area contributed by atoms with Gasteiger partial charge in [0.05, 0.1) is 19.1 Å². The van der Waals surface area contributed by atoms with Gasteiger partial charge < -0.3 is 14.0 Å². The summed E-state index contributed by atoms with van der Waals surface area (Å²) in [5.74, 6) is 0.113. The first-order valence-corrected chi connectivity index (χ1v) is 8.34. The van der Waals surface area contributed by atoms with Gasteiger partial charge in [-0.2, -0.15) is 0 Å². The van der Waals surface area contributed by atoms with E-state index in [1.54, 1.807) is 30.7 Å². The van der Waals surface area contributed by atoms with Gasteiger partial charge in [-0.1, -0.05) is 12.1 Å². The highest BCUT2D eigenvalue weighted by molar-refractivity contribution is 5.93. The number of aromatic nitrogens is 2. The molecule has 0 spiro atoms. The van der Waals surface area contributed by atoms with E-state index in [0.717, 1.165) is 17.0 Å². The van der Waals surface area contributed by atoms with E-state index < -0.39 is 5.97 Å². The number of carbonyl (C=O) groups excluding carboxylic acids is 1. The van der Waals surface area contributed by atoms with Crippen molar-refractivity contribution in [3.05, 3.63) is 69.6 Å². The van der Waals surface area contributed by atoms with Gasteiger partial charge in [0.15, 0.2) is 0 Å². The molecule has 1 aromatic carbocycles. The standard InChI is InChI=1S/C20H20N2O4/c1-4-26-20(24)17-12-22(11-14-6-5-7-15(10-14)25-3)19-16(18(17)23)9-8-13(2)21-19/h5-10,12H,4,11H2,1-3H3. The molecule has 0 N–H and O–H groups in total. The van der Waals surface area contributed by atoms with E-state index >= 15 is 0 Å². The normalized spacial score (nSPS) is 10.7. The summed E-state index contributed by atoms with van der Waals surface area (Å²) in [6, 6.07) is 11.1. The molecule has 0 aliphatic heterocycles. The van der Waals surface area contributed by atoms with E-state index in [-0.39, 0.29) is 17.6 Å². The molecule has 2 heterocycles. The molecule has 6 heteroatoms. The van der Waals surface area contributed by atoms with Crippen LogP contribution in [0.1, 0.15) is 28.5 Å². The molecule has 0 bridgehead atoms. The number of esters is 1. The third kappa shape index (κ3) is 3.44. The van der Waals surface area contributed by atoms with Gasteiger partial charge in [-0.05, 0) is 43.7 Å². The van der Waals surface area contributed by atoms with Crippen molar-refractivity contribution < 1.29 is 14.3 Å². The van der Waals surface area contributed by atoms with Crippen molar-refractivity contribution in [3.63, 3.8) is 0 Å². The van der Waals surface area contributed by atoms with E-state index in [1.807, 2.05) is 31.2 Å². The van der Waals surface area contributed by atoms with Gasteiger partial charge in [0, 0.05) is 18.4 Å². The Morgan fingerprint density at radius 3 is 2.77 bits per heavy atom. The average molecular weight is 352 g/mol. The van der Waals surface area contributed by atoms with E-state index in [4.69, 9.17) is 9.47 Å². The lowest BCUT2D eigenvalue weighted by molar-refractivity contribution is 0.0524. The quantitative estimate of drug-likeness (QED) is 0.660. The van der Waals surface area contributed by atoms with Gasteiger partial charge >= 0.3 is 5.97 Å². The summed E-state index contributed by atoms with van der Waals surface area (Å²) in [4.78, 5) is 29.4. The maximum atomic E-state index is 12.7. The lowest BCUT2D eigenvalue weighted by atomic mass is 10.1. The lowest BCUT2D eigenvalue weighted by Crippen LogP contribution is -2.22. The number of methoxy groups -OCH3 is 1. The Kier molecular flexibility index (Phi) is 5.02. The minimum absolute atomic E-state index is 0.00731. The Labute approximate surface area is 151 Å². The first-order chi connectivity index (χ1) is 12.5. The van der Waals surface area contributed by atoms with Crippen LogP contribution in [-0.2, 0) is 11.3 Å². The summed E-state index contributed by atoms with van der Waals surface area (Å²) in [6.07, 6.45) is 1.52. The molecule has 0 amide bonds. The number of ether oxygens (including phenoxy) is 2. The zero-order valence-corrected chi connectivity index (χ0v) is 15.0. The van der Waals surface area contributed by atoms with Crippen molar-refractivity contribution in [2.75, 3.05) is 13.7 Å². The molecule has 0 saturated heterocycles. The summed E-state index contributed by atoms with van der Waals surface area (Å²) in [7, 11) is 1.61. The number of pyridine rings is 2. The number of benzene rings is 1. The summed E-state index contributed by atoms with van der Waals surface area (Å²) >= 11 is 0. The summed E-state index contributed by atoms with van der Waals surface area (Å²) in [5, 5.41) is 0.393. The van der Waals surface area contributed by atoms with E-state index in [9.17, 15) is 9.59 Å². The van der Waals surface area contributed by atoms with Crippen molar-refractivity contribution in [3.8, 4) is 5.75 Å². The van der Waals surface area contributed by atoms with Crippen LogP contribution in [0.15, 0.2) is 47.4 Å². The fraction of sp³-hybridized carbons (Fsp3) is 0.250. The molecule has 3 rings (SSSR count). The van der Waals surface area contributed by atoms with Crippen molar-refractivity contribution in [2.24, 2.45) is 0 Å². The zero-order valence-electron chi connectivity index (χ0n) is 15.0. The second-order valence-electron chi connectivity index (χ2n) is 5.90. The fourth-order valence-corrected chi connectivity index (χ4v) is 2.80. The van der Waals surface area contributed by atoms with Gasteiger partial charge in [-0.15, -0.1) is 0 Å². The molecule has 0 fully saturated rings. The summed E-state index contributed by atoms with van der Waals surface area (Å²) < 4.78 is 12.1. The van der Waals surface area contributed by atoms with Crippen LogP contribution in [0, 0.1) is 6.92 Å². The number of aryl methyl sites for hydroxylation is 1. The minimum atomic E-state index is -0.626. The van der Waals surface area contributed by atoms with Gasteiger partial charge in [0.1, 0.15) is 17.0 Å². The number of nitrogens with zero attached hydrogens (tertiary/aromatic N) is 2. The molecule has 0 atom stereocenters. The molecule has 0 radical (unpaired) electrons. The Morgan fingerprint density at radius 1 is 1.23 bits per heavy atom. The summed E-state index contributed by atoms with van der Waals surface area (Å²) in [6.45, 7) is 4.22. The largest absolute Gasteiger partial charge is 0.497 e. The zero-order chi connectivity index (χ0) is 18.7. The van der Waals surface area contributed by atoms with Gasteiger partial charge in [0.2, 0.25) is 5.43 Å². The molecule has 0 unspecified atom stereocenters. The molecule has 2 aromatic heterocycles. The van der Waals surface area contributed by atoms with Crippen molar-refractivity contribution >= 4 is 17.0 Å². The van der Waals surface area contributed by atoms with E-state index in [2.05, 4.69) is 4.98 Å². The minimum Gasteiger partial charge on any atom is -0.497 e. The lowest BCUT2D eigenvalue weighted by Gasteiger charge is -2.13. The van der Waals surface area contributed by atoms with Crippen LogP contribution < -0.4 is 10.2 Å². The molecule has 0 aliphatic carbocycles. The topological polar surface area (TPSA) is 70.4 Å². The van der Waals surface area contributed by atoms with Gasteiger partial charge in [-0.25, -0.2) is 9.78 Å². The van der Waals surface area contributed by atoms with Crippen LogP contribution in [0.25, 0.3) is 11.0 Å². The van der Waals surface area contributed by atoms with Crippen LogP contribution in [-0.4, -0.2) is 29.2 Å². The fourth-order valence-electron chi connectivity index (χ4n) is 2.80. The Balaban J connectivity index is 2.18. The number of rotatable bonds is 5. The molecule has 0 saturated carbocycles. The highest BCUT2D eigenvalue weighted by atomic mass is 16.5. The average Bonchev–Trinajstić information content (AvgIpc) is 2.64. The van der Waals surface area contributed by atoms with Crippen LogP contribution in [0.4, 0.5) is 0 Å². The molecule has 26 heavy (non-hydrogen) atoms. The Bertz CT molecular complexity index is 1020. The Hall–Kier alpha value is -3.15. The SMILES string of the molecule is CCOC(=O)c1cn(Cc2cccc(OC)c2)c2nc(C)ccc2c1=O. The van der Waals surface area contributed by atoms with E-state index in [1.165, 1.54) is 6.20 Å². The maximum absolute atomic E-state index is 12.7. The monoisotopic (exact) mass is 352 g/mol. The number of fused-ring (bicyclic) bond motifs is 1. The maximum Gasteiger partial charge on any atom is 0.343 e. The highest BCUT2D eigenvalue weighted by Gasteiger charge is 2.17. The second kappa shape index (κ2) is 7.39. The van der Waals surface area contributed by atoms with Gasteiger partial charge in [-0.3, -0.25) is 4.79 Å². The predicted octanol–water partition coefficient (Wildman–Crippen LogP) is 2.94. The molecule has 134 valence electrons. The molecular formula is C20H20N2O4. The third-order valence-electron chi connectivity index (χ3n) is 4.04. The van der Waals surface area contributed by atoms with Crippen molar-refractivity contribution in [2.45, 2.75) is 20.4 Å². The van der Waals surface area contributed by atoms with Gasteiger partial charge in [0.25, 0.3) is 0 Å². The van der Waals surface area contributed by atoms with Crippen LogP contribution in [0.5, 0.6) is 5.75 Å². The first kappa shape index (κ1) is 17.7. The third-order valence-corrected chi connectivity index (χ3v) is 4.04. The molecule has 6 nitrogen and oxygen atoms in total. The molecule has 0 aliphatic rings. The van der Waals surface area contributed by atoms with Crippen LogP contribution in [0.2, 0.25) is 0 Å². The molecule has 3 aromatic rings. The van der Waals surface area contributed by atoms with Crippen LogP contribution >= 0.6 is 0 Å². The number of hydrogen-bond acceptors (Lipinski definition) is 5. The molecular weight excluding hydrogens is 332 g/mol. The van der Waals surface area contributed by atoms with Crippen LogP contribution in [0.3, 0.4) is 0 Å². The second-order valence-corrected chi connectivity index (χ2v) is 5.90. The van der Waals surface area contributed by atoms with Crippen molar-refractivity contribution in [1.82, 2.24) is 9.55 Å². The number of hydrogen-bond donors (Lipinski definition) is 0. The van der Waals surface area contributed by atoms with E-state index in [0.29, 0.717) is 17.6 Å². The first-order valence-electron chi connectivity index (χ1n) is 8.34. The summed E-state index contributed by atoms with van der Waals surface area (Å²) in [5.41, 5.74) is 1.93. The smallest absolute Gasteiger partial charge is 0.343 e. The van der Waals surface area contributed by atoms with Crippen molar-refractivity contribution in [1.29, 1.82) is 0 Å². The predicted molar refractivity (Wildman–Crippen MR) is 98.8 cm³/mol.